The number of hydrogen-bond acceptors (Lipinski definition) is 4. The molecule has 0 saturated carbocycles. The van der Waals surface area contributed by atoms with Crippen molar-refractivity contribution >= 4 is 0 Å². The van der Waals surface area contributed by atoms with Crippen LogP contribution in [0.4, 0.5) is 0 Å². The van der Waals surface area contributed by atoms with Crippen LogP contribution < -0.4 is 5.32 Å². The van der Waals surface area contributed by atoms with Crippen molar-refractivity contribution in [1.82, 2.24) is 15.5 Å². The molecule has 1 aromatic carbocycles. The molecule has 0 bridgehead atoms. The molecular weight excluding hydrogens is 250 g/mol. The molecule has 2 aromatic rings. The first-order valence-corrected chi connectivity index (χ1v) is 7.38. The van der Waals surface area contributed by atoms with E-state index < -0.39 is 0 Å². The summed E-state index contributed by atoms with van der Waals surface area (Å²) in [4.78, 5) is 4.46. The third kappa shape index (κ3) is 3.90. The summed E-state index contributed by atoms with van der Waals surface area (Å²) in [5.41, 5.74) is 2.33. The topological polar surface area (TPSA) is 51.0 Å². The van der Waals surface area contributed by atoms with E-state index in [-0.39, 0.29) is 0 Å². The van der Waals surface area contributed by atoms with Gasteiger partial charge in [0.2, 0.25) is 11.7 Å². The van der Waals surface area contributed by atoms with E-state index >= 15 is 0 Å². The van der Waals surface area contributed by atoms with Gasteiger partial charge in [0, 0.05) is 18.0 Å². The zero-order valence-corrected chi connectivity index (χ0v) is 12.5. The molecule has 0 saturated heterocycles. The van der Waals surface area contributed by atoms with Gasteiger partial charge in [-0.25, -0.2) is 0 Å². The summed E-state index contributed by atoms with van der Waals surface area (Å²) in [6, 6.07) is 8.79. The monoisotopic (exact) mass is 273 g/mol. The molecule has 0 aliphatic heterocycles. The Hall–Kier alpha value is -1.68. The molecule has 0 spiro atoms. The third-order valence-electron chi connectivity index (χ3n) is 3.43. The lowest BCUT2D eigenvalue weighted by Crippen LogP contribution is -2.25. The van der Waals surface area contributed by atoms with Crippen LogP contribution >= 0.6 is 0 Å². The van der Waals surface area contributed by atoms with Crippen LogP contribution in [0.5, 0.6) is 0 Å². The van der Waals surface area contributed by atoms with E-state index in [2.05, 4.69) is 60.5 Å². The molecule has 0 fully saturated rings. The molecule has 4 nitrogen and oxygen atoms in total. The molecule has 20 heavy (non-hydrogen) atoms. The van der Waals surface area contributed by atoms with Crippen LogP contribution in [0.15, 0.2) is 28.8 Å². The van der Waals surface area contributed by atoms with Gasteiger partial charge in [0.15, 0.2) is 0 Å². The second kappa shape index (κ2) is 7.20. The van der Waals surface area contributed by atoms with Gasteiger partial charge in [-0.05, 0) is 31.9 Å². The summed E-state index contributed by atoms with van der Waals surface area (Å²) in [5, 5.41) is 7.44. The average Bonchev–Trinajstić information content (AvgIpc) is 2.94. The van der Waals surface area contributed by atoms with Crippen LogP contribution in [0.1, 0.15) is 38.6 Å². The molecule has 1 atom stereocenters. The predicted octanol–water partition coefficient (Wildman–Crippen LogP) is 3.23. The minimum Gasteiger partial charge on any atom is -0.339 e. The summed E-state index contributed by atoms with van der Waals surface area (Å²) >= 11 is 0. The first-order valence-electron chi connectivity index (χ1n) is 7.38. The van der Waals surface area contributed by atoms with Crippen LogP contribution in [0.2, 0.25) is 0 Å². The summed E-state index contributed by atoms with van der Waals surface area (Å²) in [6.45, 7) is 7.42. The zero-order chi connectivity index (χ0) is 14.4. The quantitative estimate of drug-likeness (QED) is 0.841. The number of hydrogen-bond donors (Lipinski definition) is 1. The Morgan fingerprint density at radius 3 is 2.60 bits per heavy atom. The van der Waals surface area contributed by atoms with Crippen molar-refractivity contribution in [2.24, 2.45) is 0 Å². The lowest BCUT2D eigenvalue weighted by Gasteiger charge is -2.09. The SMILES string of the molecule is CCNC(C)CCc1nc(-c2ccc(CC)cc2)no1. The van der Waals surface area contributed by atoms with Gasteiger partial charge in [0.25, 0.3) is 0 Å². The van der Waals surface area contributed by atoms with E-state index in [9.17, 15) is 0 Å². The van der Waals surface area contributed by atoms with Crippen LogP contribution in [-0.4, -0.2) is 22.7 Å². The molecule has 0 aliphatic carbocycles. The fourth-order valence-corrected chi connectivity index (χ4v) is 2.15. The van der Waals surface area contributed by atoms with Crippen molar-refractivity contribution in [2.75, 3.05) is 6.54 Å². The smallest absolute Gasteiger partial charge is 0.227 e. The van der Waals surface area contributed by atoms with E-state index in [0.29, 0.717) is 17.8 Å². The van der Waals surface area contributed by atoms with Crippen molar-refractivity contribution in [3.8, 4) is 11.4 Å². The molecule has 1 aromatic heterocycles. The van der Waals surface area contributed by atoms with Crippen molar-refractivity contribution in [1.29, 1.82) is 0 Å². The van der Waals surface area contributed by atoms with E-state index in [1.165, 1.54) is 5.56 Å². The largest absolute Gasteiger partial charge is 0.339 e. The predicted molar refractivity (Wildman–Crippen MR) is 80.6 cm³/mol. The molecule has 0 amide bonds. The Labute approximate surface area is 120 Å². The first-order chi connectivity index (χ1) is 9.72. The highest BCUT2D eigenvalue weighted by molar-refractivity contribution is 5.54. The summed E-state index contributed by atoms with van der Waals surface area (Å²) < 4.78 is 5.32. The van der Waals surface area contributed by atoms with Crippen molar-refractivity contribution in [2.45, 2.75) is 46.1 Å². The molecule has 1 unspecified atom stereocenters. The fourth-order valence-electron chi connectivity index (χ4n) is 2.15. The Balaban J connectivity index is 1.97. The Kier molecular flexibility index (Phi) is 5.30. The number of aryl methyl sites for hydroxylation is 2. The number of nitrogens with zero attached hydrogens (tertiary/aromatic N) is 2. The van der Waals surface area contributed by atoms with Gasteiger partial charge >= 0.3 is 0 Å². The molecule has 108 valence electrons. The standard InChI is InChI=1S/C16H23N3O/c1-4-13-7-9-14(10-8-13)16-18-15(20-19-16)11-6-12(3)17-5-2/h7-10,12,17H,4-6,11H2,1-3H3. The maximum atomic E-state index is 5.32. The molecule has 2 rings (SSSR count). The van der Waals surface area contributed by atoms with Crippen molar-refractivity contribution in [3.05, 3.63) is 35.7 Å². The summed E-state index contributed by atoms with van der Waals surface area (Å²) in [7, 11) is 0. The second-order valence-electron chi connectivity index (χ2n) is 5.06. The Morgan fingerprint density at radius 2 is 1.95 bits per heavy atom. The lowest BCUT2D eigenvalue weighted by atomic mass is 10.1. The van der Waals surface area contributed by atoms with Crippen LogP contribution in [0.25, 0.3) is 11.4 Å². The number of rotatable bonds is 7. The Morgan fingerprint density at radius 1 is 1.20 bits per heavy atom. The highest BCUT2D eigenvalue weighted by Crippen LogP contribution is 2.17. The maximum absolute atomic E-state index is 5.32. The van der Waals surface area contributed by atoms with E-state index in [0.717, 1.165) is 31.4 Å². The normalized spacial score (nSPS) is 12.6. The van der Waals surface area contributed by atoms with Crippen molar-refractivity contribution < 1.29 is 4.52 Å². The summed E-state index contributed by atoms with van der Waals surface area (Å²) in [6.07, 6.45) is 2.86. The minimum absolute atomic E-state index is 0.471. The lowest BCUT2D eigenvalue weighted by molar-refractivity contribution is 0.368. The highest BCUT2D eigenvalue weighted by atomic mass is 16.5. The van der Waals surface area contributed by atoms with Crippen LogP contribution in [-0.2, 0) is 12.8 Å². The fraction of sp³-hybridized carbons (Fsp3) is 0.500. The van der Waals surface area contributed by atoms with Gasteiger partial charge in [-0.15, -0.1) is 0 Å². The van der Waals surface area contributed by atoms with Gasteiger partial charge in [0.1, 0.15) is 0 Å². The number of nitrogens with one attached hydrogen (secondary N) is 1. The average molecular weight is 273 g/mol. The summed E-state index contributed by atoms with van der Waals surface area (Å²) in [5.74, 6) is 1.39. The van der Waals surface area contributed by atoms with E-state index in [4.69, 9.17) is 4.52 Å². The van der Waals surface area contributed by atoms with Gasteiger partial charge in [-0.2, -0.15) is 4.98 Å². The van der Waals surface area contributed by atoms with E-state index in [1.807, 2.05) is 0 Å². The van der Waals surface area contributed by atoms with Gasteiger partial charge in [0.05, 0.1) is 0 Å². The van der Waals surface area contributed by atoms with Gasteiger partial charge in [-0.3, -0.25) is 0 Å². The molecule has 1 heterocycles. The molecule has 0 aliphatic rings. The van der Waals surface area contributed by atoms with Crippen LogP contribution in [0.3, 0.4) is 0 Å². The van der Waals surface area contributed by atoms with E-state index in [1.54, 1.807) is 0 Å². The molecule has 1 N–H and O–H groups in total. The molecule has 4 heteroatoms. The number of benzene rings is 1. The molecule has 0 radical (unpaired) electrons. The number of aromatic nitrogens is 2. The second-order valence-corrected chi connectivity index (χ2v) is 5.06. The van der Waals surface area contributed by atoms with Gasteiger partial charge in [-0.1, -0.05) is 43.3 Å². The minimum atomic E-state index is 0.471. The highest BCUT2D eigenvalue weighted by Gasteiger charge is 2.10. The Bertz CT molecular complexity index is 519. The maximum Gasteiger partial charge on any atom is 0.227 e. The van der Waals surface area contributed by atoms with Crippen LogP contribution in [0, 0.1) is 0 Å². The zero-order valence-electron chi connectivity index (χ0n) is 12.5. The molecular formula is C16H23N3O. The van der Waals surface area contributed by atoms with Crippen molar-refractivity contribution in [3.63, 3.8) is 0 Å². The third-order valence-corrected chi connectivity index (χ3v) is 3.43. The van der Waals surface area contributed by atoms with Gasteiger partial charge < -0.3 is 9.84 Å². The first kappa shape index (κ1) is 14.7.